The normalized spacial score (nSPS) is 23.5. The van der Waals surface area contributed by atoms with Gasteiger partial charge in [0, 0.05) is 0 Å². The summed E-state index contributed by atoms with van der Waals surface area (Å²) in [6.45, 7) is 0. The maximum atomic E-state index is 11.5. The largest absolute Gasteiger partial charge is 0.481 e. The van der Waals surface area contributed by atoms with Crippen LogP contribution in [0.4, 0.5) is 0 Å². The second-order valence-electron chi connectivity index (χ2n) is 5.70. The zero-order valence-electron chi connectivity index (χ0n) is 12.4. The van der Waals surface area contributed by atoms with E-state index >= 15 is 0 Å². The Kier molecular flexibility index (Phi) is 6.74. The van der Waals surface area contributed by atoms with Gasteiger partial charge in [-0.15, -0.1) is 0 Å². The number of carbonyl (C=O) groups is 4. The molecule has 1 aliphatic carbocycles. The van der Waals surface area contributed by atoms with Crippen LogP contribution in [-0.2, 0) is 19.2 Å². The van der Waals surface area contributed by atoms with E-state index in [1.807, 2.05) is 0 Å². The highest BCUT2D eigenvalue weighted by atomic mass is 16.4. The molecular formula is C15H20O8. The number of hydrogen-bond donors (Lipinski definition) is 4. The van der Waals surface area contributed by atoms with Crippen molar-refractivity contribution < 1.29 is 39.6 Å². The Balaban J connectivity index is 3.16. The van der Waals surface area contributed by atoms with Crippen molar-refractivity contribution in [1.82, 2.24) is 0 Å². The standard InChI is InChI=1S/C15H20O8/c16-12(17)6-10(14(20)21)8-4-2-1-3-5-9(8)11(15(22)23)7-13(18)19/h1-2,8-11H,3-7H2,(H,16,17)(H,18,19)(H,20,21)(H,22,23). The third-order valence-electron chi connectivity index (χ3n) is 4.25. The molecule has 0 saturated heterocycles. The molecule has 1 rings (SSSR count). The van der Waals surface area contributed by atoms with Crippen LogP contribution in [0.25, 0.3) is 0 Å². The summed E-state index contributed by atoms with van der Waals surface area (Å²) >= 11 is 0. The van der Waals surface area contributed by atoms with Crippen LogP contribution in [0, 0.1) is 23.7 Å². The van der Waals surface area contributed by atoms with Crippen LogP contribution in [-0.4, -0.2) is 44.3 Å². The fourth-order valence-electron chi connectivity index (χ4n) is 3.23. The van der Waals surface area contributed by atoms with E-state index in [0.29, 0.717) is 12.8 Å². The van der Waals surface area contributed by atoms with E-state index in [9.17, 15) is 29.4 Å². The summed E-state index contributed by atoms with van der Waals surface area (Å²) in [5.41, 5.74) is 0. The predicted molar refractivity (Wildman–Crippen MR) is 76.7 cm³/mol. The lowest BCUT2D eigenvalue weighted by Gasteiger charge is -2.32. The molecule has 0 saturated carbocycles. The van der Waals surface area contributed by atoms with Crippen molar-refractivity contribution in [3.8, 4) is 0 Å². The van der Waals surface area contributed by atoms with Gasteiger partial charge in [-0.2, -0.15) is 0 Å². The number of carboxylic acids is 4. The molecule has 0 aromatic rings. The Morgan fingerprint density at radius 3 is 1.74 bits per heavy atom. The zero-order valence-corrected chi connectivity index (χ0v) is 12.4. The molecule has 0 aromatic carbocycles. The van der Waals surface area contributed by atoms with Crippen molar-refractivity contribution in [3.63, 3.8) is 0 Å². The fourth-order valence-corrected chi connectivity index (χ4v) is 3.23. The van der Waals surface area contributed by atoms with E-state index in [1.54, 1.807) is 12.2 Å². The molecule has 0 spiro atoms. The Hall–Kier alpha value is -2.38. The van der Waals surface area contributed by atoms with Crippen LogP contribution in [0.5, 0.6) is 0 Å². The molecule has 4 unspecified atom stereocenters. The molecule has 8 heteroatoms. The minimum absolute atomic E-state index is 0.221. The lowest BCUT2D eigenvalue weighted by atomic mass is 9.70. The van der Waals surface area contributed by atoms with Crippen LogP contribution in [0.1, 0.15) is 32.1 Å². The van der Waals surface area contributed by atoms with Crippen molar-refractivity contribution in [1.29, 1.82) is 0 Å². The number of allylic oxidation sites excluding steroid dienone is 2. The van der Waals surface area contributed by atoms with E-state index in [-0.39, 0.29) is 6.42 Å². The summed E-state index contributed by atoms with van der Waals surface area (Å²) in [6, 6.07) is 0. The molecule has 0 fully saturated rings. The summed E-state index contributed by atoms with van der Waals surface area (Å²) < 4.78 is 0. The second-order valence-corrected chi connectivity index (χ2v) is 5.70. The van der Waals surface area contributed by atoms with Gasteiger partial charge in [0.25, 0.3) is 0 Å². The summed E-state index contributed by atoms with van der Waals surface area (Å²) in [5, 5.41) is 36.5. The van der Waals surface area contributed by atoms with E-state index in [4.69, 9.17) is 10.2 Å². The molecule has 0 bridgehead atoms. The van der Waals surface area contributed by atoms with E-state index < -0.39 is 60.4 Å². The van der Waals surface area contributed by atoms with Crippen molar-refractivity contribution in [2.75, 3.05) is 0 Å². The Labute approximate surface area is 132 Å². The van der Waals surface area contributed by atoms with Crippen molar-refractivity contribution in [3.05, 3.63) is 12.2 Å². The number of aliphatic carboxylic acids is 4. The molecule has 0 aliphatic heterocycles. The van der Waals surface area contributed by atoms with Crippen molar-refractivity contribution in [2.24, 2.45) is 23.7 Å². The van der Waals surface area contributed by atoms with Crippen LogP contribution in [0.2, 0.25) is 0 Å². The minimum Gasteiger partial charge on any atom is -0.481 e. The first-order valence-electron chi connectivity index (χ1n) is 7.28. The molecule has 0 aromatic heterocycles. The monoisotopic (exact) mass is 328 g/mol. The van der Waals surface area contributed by atoms with Crippen LogP contribution < -0.4 is 0 Å². The molecular weight excluding hydrogens is 308 g/mol. The average molecular weight is 328 g/mol. The summed E-state index contributed by atoms with van der Waals surface area (Å²) in [4.78, 5) is 44.8. The Morgan fingerprint density at radius 2 is 1.30 bits per heavy atom. The first-order valence-corrected chi connectivity index (χ1v) is 7.28. The molecule has 1 aliphatic rings. The van der Waals surface area contributed by atoms with E-state index in [0.717, 1.165) is 0 Å². The molecule has 23 heavy (non-hydrogen) atoms. The Morgan fingerprint density at radius 1 is 0.826 bits per heavy atom. The third-order valence-corrected chi connectivity index (χ3v) is 4.25. The van der Waals surface area contributed by atoms with E-state index in [1.165, 1.54) is 0 Å². The summed E-state index contributed by atoms with van der Waals surface area (Å²) in [7, 11) is 0. The van der Waals surface area contributed by atoms with Gasteiger partial charge in [-0.3, -0.25) is 19.2 Å². The molecule has 4 atom stereocenters. The quantitative estimate of drug-likeness (QED) is 0.487. The number of carboxylic acid groups (broad SMARTS) is 4. The van der Waals surface area contributed by atoms with Crippen molar-refractivity contribution >= 4 is 23.9 Å². The Bertz CT molecular complexity index is 510. The third kappa shape index (κ3) is 5.39. The number of hydrogen-bond acceptors (Lipinski definition) is 4. The van der Waals surface area contributed by atoms with Crippen LogP contribution >= 0.6 is 0 Å². The summed E-state index contributed by atoms with van der Waals surface area (Å²) in [5.74, 6) is -9.11. The zero-order chi connectivity index (χ0) is 17.6. The van der Waals surface area contributed by atoms with Crippen LogP contribution in [0.3, 0.4) is 0 Å². The van der Waals surface area contributed by atoms with Gasteiger partial charge in [-0.05, 0) is 31.1 Å². The molecule has 128 valence electrons. The van der Waals surface area contributed by atoms with Crippen LogP contribution in [0.15, 0.2) is 12.2 Å². The first kappa shape index (κ1) is 18.7. The van der Waals surface area contributed by atoms with Gasteiger partial charge in [0.15, 0.2) is 0 Å². The van der Waals surface area contributed by atoms with Gasteiger partial charge in [0.2, 0.25) is 0 Å². The molecule has 8 nitrogen and oxygen atoms in total. The number of rotatable bonds is 8. The first-order chi connectivity index (χ1) is 10.7. The van der Waals surface area contributed by atoms with Gasteiger partial charge >= 0.3 is 23.9 Å². The maximum Gasteiger partial charge on any atom is 0.307 e. The van der Waals surface area contributed by atoms with Gasteiger partial charge in [0.05, 0.1) is 24.7 Å². The highest BCUT2D eigenvalue weighted by Crippen LogP contribution is 2.39. The predicted octanol–water partition coefficient (Wildman–Crippen LogP) is 1.31. The molecule has 4 N–H and O–H groups in total. The van der Waals surface area contributed by atoms with Gasteiger partial charge in [-0.25, -0.2) is 0 Å². The van der Waals surface area contributed by atoms with Gasteiger partial charge in [0.1, 0.15) is 0 Å². The minimum atomic E-state index is -1.31. The SMILES string of the molecule is O=C(O)CC(C(=O)O)C1CC=CCCC1C(CC(=O)O)C(=O)O. The average Bonchev–Trinajstić information content (AvgIpc) is 2.66. The van der Waals surface area contributed by atoms with Gasteiger partial charge < -0.3 is 20.4 Å². The summed E-state index contributed by atoms with van der Waals surface area (Å²) in [6.07, 6.45) is 3.30. The highest BCUT2D eigenvalue weighted by molar-refractivity contribution is 5.79. The topological polar surface area (TPSA) is 149 Å². The van der Waals surface area contributed by atoms with E-state index in [2.05, 4.69) is 0 Å². The van der Waals surface area contributed by atoms with Crippen molar-refractivity contribution in [2.45, 2.75) is 32.1 Å². The van der Waals surface area contributed by atoms with Gasteiger partial charge in [-0.1, -0.05) is 12.2 Å². The molecule has 0 radical (unpaired) electrons. The second kappa shape index (κ2) is 8.30. The lowest BCUT2D eigenvalue weighted by molar-refractivity contribution is -0.156. The highest BCUT2D eigenvalue weighted by Gasteiger charge is 2.42. The fraction of sp³-hybridized carbons (Fsp3) is 0.600. The smallest absolute Gasteiger partial charge is 0.307 e. The maximum absolute atomic E-state index is 11.5. The molecule has 0 heterocycles. The molecule has 0 amide bonds. The lowest BCUT2D eigenvalue weighted by Crippen LogP contribution is -2.38.